The van der Waals surface area contributed by atoms with Crippen LogP contribution in [0, 0.1) is 0 Å². The first-order valence-corrected chi connectivity index (χ1v) is 9.02. The molecule has 1 saturated heterocycles. The molecule has 6 nitrogen and oxygen atoms in total. The summed E-state index contributed by atoms with van der Waals surface area (Å²) in [6.45, 7) is 0.410. The molecule has 3 aromatic rings. The predicted molar refractivity (Wildman–Crippen MR) is 94.7 cm³/mol. The third-order valence-electron chi connectivity index (χ3n) is 4.33. The normalized spacial score (nSPS) is 21.0. The Hall–Kier alpha value is -2.03. The fraction of sp³-hybridized carbons (Fsp3) is 0.312. The van der Waals surface area contributed by atoms with Crippen LogP contribution in [0.4, 0.5) is 4.39 Å². The predicted octanol–water partition coefficient (Wildman–Crippen LogP) is 2.62. The minimum atomic E-state index is -1.22. The summed E-state index contributed by atoms with van der Waals surface area (Å²) in [5.41, 5.74) is 7.79. The van der Waals surface area contributed by atoms with Crippen molar-refractivity contribution in [3.8, 4) is 11.3 Å². The van der Waals surface area contributed by atoms with Crippen molar-refractivity contribution in [2.24, 2.45) is 5.73 Å². The maximum atomic E-state index is 13.8. The third kappa shape index (κ3) is 2.90. The van der Waals surface area contributed by atoms with Crippen molar-refractivity contribution >= 4 is 34.4 Å². The van der Waals surface area contributed by atoms with Gasteiger partial charge in [-0.05, 0) is 18.6 Å². The van der Waals surface area contributed by atoms with E-state index in [-0.39, 0.29) is 17.5 Å². The molecule has 0 aliphatic carbocycles. The lowest BCUT2D eigenvalue weighted by molar-refractivity contribution is 0.0604. The maximum Gasteiger partial charge on any atom is 0.283 e. The highest BCUT2D eigenvalue weighted by Gasteiger charge is 2.31. The third-order valence-corrected chi connectivity index (χ3v) is 5.57. The Kier molecular flexibility index (Phi) is 4.18. The van der Waals surface area contributed by atoms with Gasteiger partial charge in [0.25, 0.3) is 5.91 Å². The van der Waals surface area contributed by atoms with Crippen LogP contribution >= 0.6 is 22.9 Å². The number of amides is 1. The van der Waals surface area contributed by atoms with Gasteiger partial charge in [-0.25, -0.2) is 13.9 Å². The molecule has 0 saturated carbocycles. The summed E-state index contributed by atoms with van der Waals surface area (Å²) in [5.74, 6) is -0.316. The van der Waals surface area contributed by atoms with Crippen molar-refractivity contribution in [3.63, 3.8) is 0 Å². The zero-order chi connectivity index (χ0) is 17.6. The molecule has 3 aromatic heterocycles. The number of halogens is 2. The summed E-state index contributed by atoms with van der Waals surface area (Å²) >= 11 is 7.42. The quantitative estimate of drug-likeness (QED) is 0.742. The summed E-state index contributed by atoms with van der Waals surface area (Å²) in [6.07, 6.45) is 2.71. The molecule has 4 heterocycles. The summed E-state index contributed by atoms with van der Waals surface area (Å²) in [7, 11) is 0. The summed E-state index contributed by atoms with van der Waals surface area (Å²) in [6, 6.07) is 5.15. The van der Waals surface area contributed by atoms with E-state index < -0.39 is 12.2 Å². The Morgan fingerprint density at radius 2 is 2.28 bits per heavy atom. The second kappa shape index (κ2) is 6.36. The van der Waals surface area contributed by atoms with Gasteiger partial charge in [0.2, 0.25) is 0 Å². The highest BCUT2D eigenvalue weighted by atomic mass is 35.5. The minimum Gasteiger partial charge on any atom is -0.334 e. The number of alkyl halides is 1. The van der Waals surface area contributed by atoms with E-state index in [1.807, 2.05) is 24.4 Å². The van der Waals surface area contributed by atoms with Crippen molar-refractivity contribution < 1.29 is 9.18 Å². The SMILES string of the molecule is N[C@@H]1CCN(C(=O)c2nc(-c3cnn4ccccc34)c(Cl)s2)C[C@H]1F. The Bertz CT molecular complexity index is 942. The second-order valence-electron chi connectivity index (χ2n) is 5.95. The lowest BCUT2D eigenvalue weighted by Gasteiger charge is -2.32. The molecule has 1 aliphatic heterocycles. The fourth-order valence-electron chi connectivity index (χ4n) is 2.92. The molecule has 0 bridgehead atoms. The van der Waals surface area contributed by atoms with Gasteiger partial charge < -0.3 is 10.6 Å². The number of hydrogen-bond acceptors (Lipinski definition) is 5. The van der Waals surface area contributed by atoms with Gasteiger partial charge in [-0.1, -0.05) is 29.0 Å². The van der Waals surface area contributed by atoms with Crippen molar-refractivity contribution in [2.75, 3.05) is 13.1 Å². The van der Waals surface area contributed by atoms with Crippen LogP contribution in [0.3, 0.4) is 0 Å². The molecule has 2 N–H and O–H groups in total. The van der Waals surface area contributed by atoms with Crippen LogP contribution in [-0.2, 0) is 0 Å². The van der Waals surface area contributed by atoms with Gasteiger partial charge in [0.1, 0.15) is 16.2 Å². The molecule has 0 radical (unpaired) electrons. The molecule has 0 aromatic carbocycles. The fourth-order valence-corrected chi connectivity index (χ4v) is 4.06. The van der Waals surface area contributed by atoms with Crippen molar-refractivity contribution in [2.45, 2.75) is 18.6 Å². The minimum absolute atomic E-state index is 0.0107. The zero-order valence-electron chi connectivity index (χ0n) is 13.1. The summed E-state index contributed by atoms with van der Waals surface area (Å²) in [4.78, 5) is 18.5. The van der Waals surface area contributed by atoms with Crippen LogP contribution < -0.4 is 5.73 Å². The van der Waals surface area contributed by atoms with E-state index in [2.05, 4.69) is 10.1 Å². The number of nitrogens with two attached hydrogens (primary N) is 1. The molecular weight excluding hydrogens is 365 g/mol. The Morgan fingerprint density at radius 1 is 1.44 bits per heavy atom. The number of pyridine rings is 1. The standard InChI is InChI=1S/C16H15ClFN5OS/c17-14-13(9-7-20-23-5-2-1-3-12(9)23)21-15(25-14)16(24)22-6-4-11(19)10(18)8-22/h1-3,5,7,10-11H,4,6,8,19H2/t10-,11-/m1/s1. The number of fused-ring (bicyclic) bond motifs is 1. The number of carbonyl (C=O) groups excluding carboxylic acids is 1. The van der Waals surface area contributed by atoms with Gasteiger partial charge in [0, 0.05) is 24.3 Å². The van der Waals surface area contributed by atoms with E-state index in [1.54, 1.807) is 10.7 Å². The van der Waals surface area contributed by atoms with Crippen molar-refractivity contribution in [1.29, 1.82) is 0 Å². The van der Waals surface area contributed by atoms with Crippen molar-refractivity contribution in [3.05, 3.63) is 39.9 Å². The Morgan fingerprint density at radius 3 is 3.08 bits per heavy atom. The first kappa shape index (κ1) is 16.4. The van der Waals surface area contributed by atoms with Crippen LogP contribution in [0.25, 0.3) is 16.8 Å². The van der Waals surface area contributed by atoms with E-state index in [4.69, 9.17) is 17.3 Å². The van der Waals surface area contributed by atoms with Gasteiger partial charge >= 0.3 is 0 Å². The highest BCUT2D eigenvalue weighted by Crippen LogP contribution is 2.35. The monoisotopic (exact) mass is 379 g/mol. The van der Waals surface area contributed by atoms with Gasteiger partial charge in [-0.3, -0.25) is 4.79 Å². The molecule has 1 aliphatic rings. The lowest BCUT2D eigenvalue weighted by Crippen LogP contribution is -2.50. The first-order chi connectivity index (χ1) is 12.0. The smallest absolute Gasteiger partial charge is 0.283 e. The van der Waals surface area contributed by atoms with Crippen LogP contribution in [-0.4, -0.2) is 50.7 Å². The Balaban J connectivity index is 1.65. The average Bonchev–Trinajstić information content (AvgIpc) is 3.20. The van der Waals surface area contributed by atoms with Crippen LogP contribution in [0.1, 0.15) is 16.2 Å². The Labute approximate surface area is 152 Å². The number of nitrogens with zero attached hydrogens (tertiary/aromatic N) is 4. The summed E-state index contributed by atoms with van der Waals surface area (Å²) < 4.78 is 15.9. The maximum absolute atomic E-state index is 13.8. The van der Waals surface area contributed by atoms with E-state index in [0.717, 1.165) is 22.4 Å². The molecule has 4 rings (SSSR count). The topological polar surface area (TPSA) is 76.5 Å². The number of piperidine rings is 1. The van der Waals surface area contributed by atoms with E-state index in [0.29, 0.717) is 23.0 Å². The number of rotatable bonds is 2. The molecule has 9 heteroatoms. The number of aromatic nitrogens is 3. The molecule has 2 atom stereocenters. The van der Waals surface area contributed by atoms with Gasteiger partial charge in [0.05, 0.1) is 18.3 Å². The van der Waals surface area contributed by atoms with Gasteiger partial charge in [0.15, 0.2) is 5.01 Å². The lowest BCUT2D eigenvalue weighted by atomic mass is 10.0. The van der Waals surface area contributed by atoms with Gasteiger partial charge in [-0.2, -0.15) is 5.10 Å². The van der Waals surface area contributed by atoms with Gasteiger partial charge in [-0.15, -0.1) is 0 Å². The number of hydrogen-bond donors (Lipinski definition) is 1. The number of carbonyl (C=O) groups is 1. The molecule has 25 heavy (non-hydrogen) atoms. The molecule has 130 valence electrons. The second-order valence-corrected chi connectivity index (χ2v) is 7.55. The average molecular weight is 380 g/mol. The molecule has 1 amide bonds. The van der Waals surface area contributed by atoms with Crippen LogP contribution in [0.5, 0.6) is 0 Å². The van der Waals surface area contributed by atoms with E-state index in [1.165, 1.54) is 4.90 Å². The van der Waals surface area contributed by atoms with Crippen LogP contribution in [0.15, 0.2) is 30.6 Å². The number of likely N-dealkylation sites (tertiary alicyclic amines) is 1. The van der Waals surface area contributed by atoms with E-state index in [9.17, 15) is 9.18 Å². The number of thiazole rings is 1. The molecule has 0 unspecified atom stereocenters. The first-order valence-electron chi connectivity index (χ1n) is 7.82. The van der Waals surface area contributed by atoms with E-state index >= 15 is 0 Å². The van der Waals surface area contributed by atoms with Crippen molar-refractivity contribution in [1.82, 2.24) is 19.5 Å². The molecule has 1 fully saturated rings. The molecular formula is C16H15ClFN5OS. The largest absolute Gasteiger partial charge is 0.334 e. The zero-order valence-corrected chi connectivity index (χ0v) is 14.7. The highest BCUT2D eigenvalue weighted by molar-refractivity contribution is 7.18. The summed E-state index contributed by atoms with van der Waals surface area (Å²) in [5, 5.41) is 4.51. The van der Waals surface area contributed by atoms with Crippen LogP contribution in [0.2, 0.25) is 4.34 Å². The molecule has 0 spiro atoms.